The highest BCUT2D eigenvalue weighted by molar-refractivity contribution is 5.97. The van der Waals surface area contributed by atoms with Gasteiger partial charge in [0.15, 0.2) is 0 Å². The van der Waals surface area contributed by atoms with E-state index in [0.29, 0.717) is 11.1 Å². The monoisotopic (exact) mass is 219 g/mol. The van der Waals surface area contributed by atoms with Gasteiger partial charge in [0.2, 0.25) is 0 Å². The van der Waals surface area contributed by atoms with Crippen LogP contribution in [0.3, 0.4) is 0 Å². The maximum Gasteiger partial charge on any atom is 0.352 e. The Hall–Kier alpha value is -2.30. The Morgan fingerprint density at radius 2 is 2.06 bits per heavy atom. The van der Waals surface area contributed by atoms with Crippen LogP contribution in [0.1, 0.15) is 20.8 Å². The predicted octanol–water partition coefficient (Wildman–Crippen LogP) is 1.65. The van der Waals surface area contributed by atoms with Gasteiger partial charge in [-0.1, -0.05) is 6.07 Å². The van der Waals surface area contributed by atoms with Gasteiger partial charge in [-0.3, -0.25) is 0 Å². The number of aromatic nitrogens is 1. The molecule has 0 unspecified atom stereocenters. The summed E-state index contributed by atoms with van der Waals surface area (Å²) in [7, 11) is 1.30. The normalized spacial score (nSPS) is 10.3. The number of nitrogens with one attached hydrogen (secondary N) is 1. The van der Waals surface area contributed by atoms with Crippen molar-refractivity contribution >= 4 is 22.8 Å². The van der Waals surface area contributed by atoms with E-state index >= 15 is 0 Å². The van der Waals surface area contributed by atoms with Crippen LogP contribution < -0.4 is 0 Å². The van der Waals surface area contributed by atoms with E-state index in [2.05, 4.69) is 9.72 Å². The Morgan fingerprint density at radius 3 is 2.69 bits per heavy atom. The third kappa shape index (κ3) is 1.63. The number of carboxylic acids is 1. The summed E-state index contributed by atoms with van der Waals surface area (Å²) in [4.78, 5) is 24.7. The van der Waals surface area contributed by atoms with Gasteiger partial charge in [0.25, 0.3) is 0 Å². The Morgan fingerprint density at radius 1 is 1.31 bits per heavy atom. The van der Waals surface area contributed by atoms with Crippen LogP contribution >= 0.6 is 0 Å². The van der Waals surface area contributed by atoms with Crippen LogP contribution in [0.5, 0.6) is 0 Å². The number of carboxylic acid groups (broad SMARTS) is 1. The summed E-state index contributed by atoms with van der Waals surface area (Å²) in [5, 5.41) is 9.53. The molecule has 0 aliphatic rings. The number of carbonyl (C=O) groups excluding carboxylic acids is 1. The number of aromatic carboxylic acids is 1. The molecule has 2 rings (SSSR count). The first-order valence-corrected chi connectivity index (χ1v) is 4.56. The Labute approximate surface area is 90.6 Å². The number of carbonyl (C=O) groups is 2. The summed E-state index contributed by atoms with van der Waals surface area (Å²) < 4.78 is 4.57. The third-order valence-electron chi connectivity index (χ3n) is 2.27. The number of benzene rings is 1. The molecule has 2 N–H and O–H groups in total. The average molecular weight is 219 g/mol. The van der Waals surface area contributed by atoms with E-state index < -0.39 is 11.9 Å². The first-order valence-electron chi connectivity index (χ1n) is 4.56. The summed E-state index contributed by atoms with van der Waals surface area (Å²) >= 11 is 0. The second kappa shape index (κ2) is 3.69. The number of H-pyrrole nitrogens is 1. The summed E-state index contributed by atoms with van der Waals surface area (Å²) in [6.07, 6.45) is 0. The molecule has 0 spiro atoms. The summed E-state index contributed by atoms with van der Waals surface area (Å²) in [5.74, 6) is -1.48. The number of rotatable bonds is 2. The highest BCUT2D eigenvalue weighted by Crippen LogP contribution is 2.17. The van der Waals surface area contributed by atoms with Crippen molar-refractivity contribution in [2.24, 2.45) is 0 Å². The van der Waals surface area contributed by atoms with Crippen molar-refractivity contribution in [1.82, 2.24) is 4.98 Å². The molecule has 0 bridgehead atoms. The molecule has 0 amide bonds. The Balaban J connectivity index is 2.53. The number of hydrogen-bond donors (Lipinski definition) is 2. The highest BCUT2D eigenvalue weighted by atomic mass is 16.5. The molecule has 16 heavy (non-hydrogen) atoms. The zero-order chi connectivity index (χ0) is 11.7. The van der Waals surface area contributed by atoms with Crippen molar-refractivity contribution in [2.75, 3.05) is 7.11 Å². The molecule has 0 aliphatic heterocycles. The van der Waals surface area contributed by atoms with E-state index in [1.165, 1.54) is 13.2 Å². The van der Waals surface area contributed by atoms with Gasteiger partial charge in [-0.2, -0.15) is 0 Å². The number of ether oxygens (including phenoxy) is 1. The maximum atomic E-state index is 11.2. The van der Waals surface area contributed by atoms with Crippen molar-refractivity contribution in [2.45, 2.75) is 0 Å². The molecule has 0 radical (unpaired) electrons. The standard InChI is InChI=1S/C11H9NO4/c1-16-11(15)7-3-2-6-4-9(10(13)14)12-8(6)5-7/h2-5,12H,1H3,(H,13,14). The topological polar surface area (TPSA) is 79.4 Å². The van der Waals surface area contributed by atoms with Crippen molar-refractivity contribution in [3.8, 4) is 0 Å². The zero-order valence-corrected chi connectivity index (χ0v) is 8.48. The quantitative estimate of drug-likeness (QED) is 0.752. The number of hydrogen-bond acceptors (Lipinski definition) is 3. The number of fused-ring (bicyclic) bond motifs is 1. The fraction of sp³-hybridized carbons (Fsp3) is 0.0909. The minimum atomic E-state index is -1.03. The van der Waals surface area contributed by atoms with E-state index in [1.54, 1.807) is 18.2 Å². The molecule has 2 aromatic rings. The van der Waals surface area contributed by atoms with Crippen molar-refractivity contribution in [3.63, 3.8) is 0 Å². The molecule has 0 saturated heterocycles. The lowest BCUT2D eigenvalue weighted by atomic mass is 10.1. The molecule has 5 heteroatoms. The number of aromatic amines is 1. The van der Waals surface area contributed by atoms with Crippen LogP contribution in [0, 0.1) is 0 Å². The van der Waals surface area contributed by atoms with Crippen molar-refractivity contribution < 1.29 is 19.4 Å². The molecule has 82 valence electrons. The molecule has 1 heterocycles. The van der Waals surface area contributed by atoms with Crippen LogP contribution in [0.2, 0.25) is 0 Å². The van der Waals surface area contributed by atoms with Crippen LogP contribution in [-0.2, 0) is 4.74 Å². The third-order valence-corrected chi connectivity index (χ3v) is 2.27. The SMILES string of the molecule is COC(=O)c1ccc2cc(C(=O)O)[nH]c2c1. The van der Waals surface area contributed by atoms with Gasteiger partial charge in [-0.15, -0.1) is 0 Å². The smallest absolute Gasteiger partial charge is 0.352 e. The highest BCUT2D eigenvalue weighted by Gasteiger charge is 2.10. The molecule has 5 nitrogen and oxygen atoms in total. The zero-order valence-electron chi connectivity index (χ0n) is 8.48. The molecular formula is C11H9NO4. The molecule has 0 fully saturated rings. The van der Waals surface area contributed by atoms with E-state index in [0.717, 1.165) is 5.39 Å². The number of methoxy groups -OCH3 is 1. The van der Waals surface area contributed by atoms with Gasteiger partial charge in [0.1, 0.15) is 5.69 Å². The fourth-order valence-electron chi connectivity index (χ4n) is 1.49. The first kappa shape index (κ1) is 10.2. The molecule has 1 aromatic carbocycles. The average Bonchev–Trinajstić information content (AvgIpc) is 2.70. The van der Waals surface area contributed by atoms with E-state index in [1.807, 2.05) is 0 Å². The maximum absolute atomic E-state index is 11.2. The van der Waals surface area contributed by atoms with Crippen molar-refractivity contribution in [3.05, 3.63) is 35.5 Å². The second-order valence-corrected chi connectivity index (χ2v) is 3.28. The lowest BCUT2D eigenvalue weighted by Gasteiger charge is -1.98. The predicted molar refractivity (Wildman–Crippen MR) is 56.6 cm³/mol. The van der Waals surface area contributed by atoms with Gasteiger partial charge in [-0.25, -0.2) is 9.59 Å². The summed E-state index contributed by atoms with van der Waals surface area (Å²) in [5.41, 5.74) is 1.08. The van der Waals surface area contributed by atoms with Gasteiger partial charge in [0, 0.05) is 10.9 Å². The summed E-state index contributed by atoms with van der Waals surface area (Å²) in [6.45, 7) is 0. The largest absolute Gasteiger partial charge is 0.477 e. The lowest BCUT2D eigenvalue weighted by Crippen LogP contribution is -2.00. The molecule has 0 saturated carbocycles. The van der Waals surface area contributed by atoms with E-state index in [4.69, 9.17) is 5.11 Å². The van der Waals surface area contributed by atoms with Crippen molar-refractivity contribution in [1.29, 1.82) is 0 Å². The van der Waals surface area contributed by atoms with E-state index in [-0.39, 0.29) is 5.69 Å². The van der Waals surface area contributed by atoms with Gasteiger partial charge in [-0.05, 0) is 18.2 Å². The van der Waals surface area contributed by atoms with Crippen LogP contribution in [-0.4, -0.2) is 29.1 Å². The van der Waals surface area contributed by atoms with Gasteiger partial charge >= 0.3 is 11.9 Å². The van der Waals surface area contributed by atoms with Crippen LogP contribution in [0.15, 0.2) is 24.3 Å². The summed E-state index contributed by atoms with van der Waals surface area (Å²) in [6, 6.07) is 6.34. The minimum absolute atomic E-state index is 0.0945. The van der Waals surface area contributed by atoms with Crippen LogP contribution in [0.4, 0.5) is 0 Å². The number of esters is 1. The molecule has 0 aliphatic carbocycles. The first-order chi connectivity index (χ1) is 7.61. The molecule has 1 aromatic heterocycles. The van der Waals surface area contributed by atoms with Gasteiger partial charge in [0.05, 0.1) is 12.7 Å². The Kier molecular flexibility index (Phi) is 2.36. The van der Waals surface area contributed by atoms with Crippen LogP contribution in [0.25, 0.3) is 10.9 Å². The fourth-order valence-corrected chi connectivity index (χ4v) is 1.49. The van der Waals surface area contributed by atoms with Gasteiger partial charge < -0.3 is 14.8 Å². The lowest BCUT2D eigenvalue weighted by molar-refractivity contribution is 0.0600. The molecule has 0 atom stereocenters. The Bertz CT molecular complexity index is 570. The van der Waals surface area contributed by atoms with E-state index in [9.17, 15) is 9.59 Å². The minimum Gasteiger partial charge on any atom is -0.477 e. The molecular weight excluding hydrogens is 210 g/mol. The second-order valence-electron chi connectivity index (χ2n) is 3.28.